The summed E-state index contributed by atoms with van der Waals surface area (Å²) in [6.07, 6.45) is 0.800. The molecule has 1 N–H and O–H groups in total. The average molecular weight is 479 g/mol. The molecule has 0 aliphatic carbocycles. The number of ether oxygens (including phenoxy) is 2. The molecule has 2 aromatic rings. The molecule has 2 aliphatic rings. The van der Waals surface area contributed by atoms with Crippen molar-refractivity contribution in [1.29, 1.82) is 0 Å². The van der Waals surface area contributed by atoms with Crippen LogP contribution in [0.3, 0.4) is 0 Å². The van der Waals surface area contributed by atoms with Crippen LogP contribution in [-0.4, -0.2) is 65.5 Å². The molecule has 1 fully saturated rings. The predicted octanol–water partition coefficient (Wildman–Crippen LogP) is 4.17. The van der Waals surface area contributed by atoms with E-state index in [1.54, 1.807) is 11.0 Å². The van der Waals surface area contributed by atoms with Crippen LogP contribution in [0.2, 0.25) is 0 Å². The molecule has 1 saturated heterocycles. The smallest absolute Gasteiger partial charge is 0.295 e. The largest absolute Gasteiger partial charge is 0.507 e. The maximum Gasteiger partial charge on any atom is 0.295 e. The molecule has 0 spiro atoms. The summed E-state index contributed by atoms with van der Waals surface area (Å²) in [5.41, 5.74) is 2.37. The molecule has 0 aromatic heterocycles. The molecule has 186 valence electrons. The Balaban J connectivity index is 1.76. The number of carbonyl (C=O) groups excluding carboxylic acids is 2. The lowest BCUT2D eigenvalue weighted by molar-refractivity contribution is -0.140. The molecule has 1 amide bonds. The average Bonchev–Trinajstić information content (AvgIpc) is 3.35. The quantitative estimate of drug-likeness (QED) is 0.331. The maximum atomic E-state index is 13.3. The van der Waals surface area contributed by atoms with Gasteiger partial charge in [0.2, 0.25) is 0 Å². The van der Waals surface area contributed by atoms with Gasteiger partial charge in [0.15, 0.2) is 0 Å². The van der Waals surface area contributed by atoms with Crippen LogP contribution in [0.5, 0.6) is 11.5 Å². The van der Waals surface area contributed by atoms with Crippen LogP contribution in [-0.2, 0) is 16.0 Å². The molecule has 7 heteroatoms. The van der Waals surface area contributed by atoms with Crippen molar-refractivity contribution in [2.24, 2.45) is 0 Å². The number of hydrogen-bond donors (Lipinski definition) is 1. The summed E-state index contributed by atoms with van der Waals surface area (Å²) in [6, 6.07) is 12.1. The molecule has 2 aromatic carbocycles. The number of likely N-dealkylation sites (N-methyl/N-ethyl adjacent to an activating group) is 1. The Kier molecular flexibility index (Phi) is 7.45. The Hall–Kier alpha value is -3.32. The molecular weight excluding hydrogens is 444 g/mol. The fourth-order valence-corrected chi connectivity index (χ4v) is 4.88. The standard InChI is InChI=1S/C28H34N2O5/c1-5-29(6-2)14-15-30-25(19-8-11-22(12-9-19)34-7-3)24(27(32)28(30)33)26(31)20-10-13-23-21(17-20)16-18(4)35-23/h8-13,17-18,25,31H,5-7,14-16H2,1-4H3/t18-,25+/m1/s1. The van der Waals surface area contributed by atoms with Crippen molar-refractivity contribution in [3.05, 3.63) is 64.7 Å². The van der Waals surface area contributed by atoms with E-state index in [2.05, 4.69) is 18.7 Å². The Bertz CT molecular complexity index is 1120. The summed E-state index contributed by atoms with van der Waals surface area (Å²) in [6.45, 7) is 11.3. The molecule has 2 atom stereocenters. The third kappa shape index (κ3) is 4.91. The van der Waals surface area contributed by atoms with Gasteiger partial charge in [-0.15, -0.1) is 0 Å². The lowest BCUT2D eigenvalue weighted by atomic mass is 9.94. The first-order chi connectivity index (χ1) is 16.9. The van der Waals surface area contributed by atoms with E-state index in [-0.39, 0.29) is 17.4 Å². The number of aliphatic hydroxyl groups is 1. The summed E-state index contributed by atoms with van der Waals surface area (Å²) in [5, 5.41) is 11.4. The van der Waals surface area contributed by atoms with Gasteiger partial charge in [0, 0.05) is 25.1 Å². The molecule has 7 nitrogen and oxygen atoms in total. The molecule has 0 unspecified atom stereocenters. The highest BCUT2D eigenvalue weighted by Crippen LogP contribution is 2.40. The van der Waals surface area contributed by atoms with E-state index in [1.165, 1.54) is 0 Å². The van der Waals surface area contributed by atoms with Crippen molar-refractivity contribution in [1.82, 2.24) is 9.80 Å². The van der Waals surface area contributed by atoms with Crippen molar-refractivity contribution < 1.29 is 24.2 Å². The van der Waals surface area contributed by atoms with Gasteiger partial charge in [-0.25, -0.2) is 0 Å². The third-order valence-electron chi connectivity index (χ3n) is 6.77. The zero-order valence-corrected chi connectivity index (χ0v) is 20.9. The summed E-state index contributed by atoms with van der Waals surface area (Å²) in [5.74, 6) is 0.0950. The van der Waals surface area contributed by atoms with E-state index in [4.69, 9.17) is 9.47 Å². The normalized spacial score (nSPS) is 20.9. The summed E-state index contributed by atoms with van der Waals surface area (Å²) < 4.78 is 11.3. The molecular formula is C28H34N2O5. The second-order valence-corrected chi connectivity index (χ2v) is 8.98. The number of benzene rings is 2. The Morgan fingerprint density at radius 1 is 1.11 bits per heavy atom. The molecule has 0 saturated carbocycles. The van der Waals surface area contributed by atoms with Crippen molar-refractivity contribution in [3.63, 3.8) is 0 Å². The minimum atomic E-state index is -0.676. The highest BCUT2D eigenvalue weighted by Gasteiger charge is 2.46. The molecule has 2 aliphatic heterocycles. The maximum absolute atomic E-state index is 13.3. The van der Waals surface area contributed by atoms with Crippen LogP contribution in [0.4, 0.5) is 0 Å². The van der Waals surface area contributed by atoms with Crippen LogP contribution >= 0.6 is 0 Å². The van der Waals surface area contributed by atoms with E-state index >= 15 is 0 Å². The fraction of sp³-hybridized carbons (Fsp3) is 0.429. The molecule has 35 heavy (non-hydrogen) atoms. The number of amides is 1. The highest BCUT2D eigenvalue weighted by atomic mass is 16.5. The number of hydrogen-bond acceptors (Lipinski definition) is 6. The Labute approximate surface area is 206 Å². The number of nitrogens with zero attached hydrogens (tertiary/aromatic N) is 2. The Morgan fingerprint density at radius 3 is 2.49 bits per heavy atom. The lowest BCUT2D eigenvalue weighted by Crippen LogP contribution is -2.38. The number of ketones is 1. The van der Waals surface area contributed by atoms with E-state index in [1.807, 2.05) is 50.2 Å². The minimum Gasteiger partial charge on any atom is -0.507 e. The lowest BCUT2D eigenvalue weighted by Gasteiger charge is -2.28. The summed E-state index contributed by atoms with van der Waals surface area (Å²) in [7, 11) is 0. The minimum absolute atomic E-state index is 0.0666. The third-order valence-corrected chi connectivity index (χ3v) is 6.77. The summed E-state index contributed by atoms with van der Waals surface area (Å²) >= 11 is 0. The van der Waals surface area contributed by atoms with Crippen molar-refractivity contribution in [3.8, 4) is 11.5 Å². The van der Waals surface area contributed by atoms with Gasteiger partial charge in [-0.2, -0.15) is 0 Å². The van der Waals surface area contributed by atoms with Gasteiger partial charge in [-0.1, -0.05) is 26.0 Å². The van der Waals surface area contributed by atoms with Crippen molar-refractivity contribution >= 4 is 17.4 Å². The zero-order chi connectivity index (χ0) is 25.1. The predicted molar refractivity (Wildman–Crippen MR) is 135 cm³/mol. The van der Waals surface area contributed by atoms with Gasteiger partial charge < -0.3 is 24.4 Å². The van der Waals surface area contributed by atoms with Crippen LogP contribution < -0.4 is 9.47 Å². The number of carbonyl (C=O) groups is 2. The number of rotatable bonds is 9. The van der Waals surface area contributed by atoms with E-state index in [9.17, 15) is 14.7 Å². The van der Waals surface area contributed by atoms with Crippen molar-refractivity contribution in [2.75, 3.05) is 32.8 Å². The first-order valence-electron chi connectivity index (χ1n) is 12.4. The van der Waals surface area contributed by atoms with Gasteiger partial charge in [0.05, 0.1) is 18.2 Å². The van der Waals surface area contributed by atoms with Gasteiger partial charge >= 0.3 is 0 Å². The number of Topliss-reactive ketones (excluding diaryl/α,β-unsaturated/α-hetero) is 1. The molecule has 4 rings (SSSR count). The monoisotopic (exact) mass is 478 g/mol. The first-order valence-corrected chi connectivity index (χ1v) is 12.4. The topological polar surface area (TPSA) is 79.3 Å². The second-order valence-electron chi connectivity index (χ2n) is 8.98. The molecule has 0 radical (unpaired) electrons. The zero-order valence-electron chi connectivity index (χ0n) is 20.9. The van der Waals surface area contributed by atoms with Crippen molar-refractivity contribution in [2.45, 2.75) is 46.3 Å². The van der Waals surface area contributed by atoms with Crippen LogP contribution in [0.1, 0.15) is 50.4 Å². The van der Waals surface area contributed by atoms with Gasteiger partial charge in [0.1, 0.15) is 23.4 Å². The molecule has 2 heterocycles. The number of aliphatic hydroxyl groups excluding tert-OH is 1. The molecule has 0 bridgehead atoms. The highest BCUT2D eigenvalue weighted by molar-refractivity contribution is 6.46. The van der Waals surface area contributed by atoms with Crippen LogP contribution in [0, 0.1) is 0 Å². The van der Waals surface area contributed by atoms with Crippen LogP contribution in [0.25, 0.3) is 5.76 Å². The second kappa shape index (κ2) is 10.5. The Morgan fingerprint density at radius 2 is 1.83 bits per heavy atom. The van der Waals surface area contributed by atoms with Gasteiger partial charge in [-0.3, -0.25) is 9.59 Å². The first kappa shape index (κ1) is 24.8. The van der Waals surface area contributed by atoms with E-state index in [0.717, 1.165) is 36.4 Å². The SMILES string of the molecule is CCOc1ccc([C@H]2C(=C(O)c3ccc4c(c3)C[C@@H](C)O4)C(=O)C(=O)N2CCN(CC)CC)cc1. The van der Waals surface area contributed by atoms with Gasteiger partial charge in [0.25, 0.3) is 11.7 Å². The summed E-state index contributed by atoms with van der Waals surface area (Å²) in [4.78, 5) is 30.3. The van der Waals surface area contributed by atoms with E-state index in [0.29, 0.717) is 31.0 Å². The van der Waals surface area contributed by atoms with E-state index < -0.39 is 17.7 Å². The number of fused-ring (bicyclic) bond motifs is 1. The number of likely N-dealkylation sites (tertiary alicyclic amines) is 1. The van der Waals surface area contributed by atoms with Crippen LogP contribution in [0.15, 0.2) is 48.0 Å². The fourth-order valence-electron chi connectivity index (χ4n) is 4.88. The van der Waals surface area contributed by atoms with Gasteiger partial charge in [-0.05, 0) is 68.4 Å².